The van der Waals surface area contributed by atoms with Crippen LogP contribution < -0.4 is 0 Å². The minimum Gasteiger partial charge on any atom is -0.466 e. The molecule has 0 bridgehead atoms. The van der Waals surface area contributed by atoms with Gasteiger partial charge in [0, 0.05) is 6.42 Å². The van der Waals surface area contributed by atoms with E-state index in [0.717, 1.165) is 5.56 Å². The van der Waals surface area contributed by atoms with Gasteiger partial charge in [0.25, 0.3) is 0 Å². The van der Waals surface area contributed by atoms with Crippen LogP contribution in [0.3, 0.4) is 0 Å². The second-order valence-corrected chi connectivity index (χ2v) is 4.92. The van der Waals surface area contributed by atoms with Gasteiger partial charge in [0.1, 0.15) is 24.2 Å². The summed E-state index contributed by atoms with van der Waals surface area (Å²) in [4.78, 5) is 34.5. The lowest BCUT2D eigenvalue weighted by Gasteiger charge is -2.13. The van der Waals surface area contributed by atoms with Gasteiger partial charge in [-0.1, -0.05) is 36.4 Å². The van der Waals surface area contributed by atoms with Crippen molar-refractivity contribution in [2.45, 2.75) is 25.9 Å². The van der Waals surface area contributed by atoms with E-state index in [1.165, 1.54) is 0 Å². The van der Waals surface area contributed by atoms with Crippen LogP contribution in [-0.4, -0.2) is 36.3 Å². The van der Waals surface area contributed by atoms with Gasteiger partial charge in [0.2, 0.25) is 0 Å². The number of halogens is 1. The summed E-state index contributed by atoms with van der Waals surface area (Å²) < 4.78 is 9.82. The van der Waals surface area contributed by atoms with E-state index < -0.39 is 18.0 Å². The maximum absolute atomic E-state index is 11.9. The molecule has 5 nitrogen and oxygen atoms in total. The monoisotopic (exact) mass is 338 g/mol. The molecule has 6 heteroatoms. The molecule has 0 saturated carbocycles. The van der Waals surface area contributed by atoms with E-state index in [2.05, 4.69) is 0 Å². The number of benzene rings is 1. The van der Waals surface area contributed by atoms with Crippen molar-refractivity contribution in [1.29, 1.82) is 0 Å². The van der Waals surface area contributed by atoms with Crippen molar-refractivity contribution in [1.82, 2.24) is 0 Å². The van der Waals surface area contributed by atoms with E-state index in [1.807, 2.05) is 30.3 Å². The maximum Gasteiger partial charge on any atom is 0.321 e. The third kappa shape index (κ3) is 8.16. The molecule has 23 heavy (non-hydrogen) atoms. The molecule has 1 aromatic rings. The molecule has 124 valence electrons. The quantitative estimate of drug-likeness (QED) is 0.393. The number of rotatable bonds is 9. The first-order valence-electron chi connectivity index (χ1n) is 7.21. The van der Waals surface area contributed by atoms with Crippen molar-refractivity contribution in [2.75, 3.05) is 12.5 Å². The minimum atomic E-state index is -0.775. The number of esters is 2. The second kappa shape index (κ2) is 10.6. The van der Waals surface area contributed by atoms with Crippen LogP contribution in [0.1, 0.15) is 25.3 Å². The van der Waals surface area contributed by atoms with E-state index in [9.17, 15) is 14.4 Å². The number of carbonyl (C=O) groups excluding carboxylic acids is 3. The molecule has 0 fully saturated rings. The number of hydrogen-bond donors (Lipinski definition) is 0. The molecule has 0 aliphatic rings. The Morgan fingerprint density at radius 2 is 1.87 bits per heavy atom. The Kier molecular flexibility index (Phi) is 8.68. The highest BCUT2D eigenvalue weighted by atomic mass is 35.5. The van der Waals surface area contributed by atoms with Gasteiger partial charge in [-0.25, -0.2) is 0 Å². The Bertz CT molecular complexity index is 553. The van der Waals surface area contributed by atoms with Gasteiger partial charge in [-0.05, 0) is 18.6 Å². The Hall–Kier alpha value is -2.14. The minimum absolute atomic E-state index is 0.106. The fraction of sp³-hybridized carbons (Fsp3) is 0.353. The maximum atomic E-state index is 11.9. The summed E-state index contributed by atoms with van der Waals surface area (Å²) in [5, 5.41) is 0. The van der Waals surface area contributed by atoms with Crippen molar-refractivity contribution in [3.05, 3.63) is 42.0 Å². The van der Waals surface area contributed by atoms with E-state index in [4.69, 9.17) is 21.1 Å². The molecule has 0 saturated heterocycles. The van der Waals surface area contributed by atoms with Crippen molar-refractivity contribution in [3.8, 4) is 0 Å². The lowest BCUT2D eigenvalue weighted by Crippen LogP contribution is -2.22. The Balaban J connectivity index is 2.68. The van der Waals surface area contributed by atoms with Gasteiger partial charge < -0.3 is 9.47 Å². The van der Waals surface area contributed by atoms with Crippen LogP contribution in [0, 0.1) is 0 Å². The molecular weight excluding hydrogens is 320 g/mol. The average Bonchev–Trinajstić information content (AvgIpc) is 2.53. The summed E-state index contributed by atoms with van der Waals surface area (Å²) in [5.74, 6) is -1.89. The van der Waals surface area contributed by atoms with Gasteiger partial charge in [-0.3, -0.25) is 14.4 Å². The van der Waals surface area contributed by atoms with Crippen molar-refractivity contribution >= 4 is 35.4 Å². The first-order chi connectivity index (χ1) is 11.0. The van der Waals surface area contributed by atoms with Crippen LogP contribution in [0.2, 0.25) is 0 Å². The summed E-state index contributed by atoms with van der Waals surface area (Å²) in [6.45, 7) is 1.88. The second-order valence-electron chi connectivity index (χ2n) is 4.66. The summed E-state index contributed by atoms with van der Waals surface area (Å²) in [7, 11) is 0. The molecule has 0 amide bonds. The highest BCUT2D eigenvalue weighted by Gasteiger charge is 2.18. The SMILES string of the molecule is CCOC(=O)CC(=O)C[C@H](/C=C/c1ccccc1)OC(=O)CCl. The van der Waals surface area contributed by atoms with E-state index >= 15 is 0 Å². The molecule has 0 aromatic heterocycles. The van der Waals surface area contributed by atoms with Gasteiger partial charge in [0.05, 0.1) is 6.61 Å². The van der Waals surface area contributed by atoms with Gasteiger partial charge in [-0.2, -0.15) is 0 Å². The van der Waals surface area contributed by atoms with Crippen LogP contribution >= 0.6 is 11.6 Å². The predicted octanol–water partition coefficient (Wildman–Crippen LogP) is 2.76. The third-order valence-corrected chi connectivity index (χ3v) is 2.99. The van der Waals surface area contributed by atoms with E-state index in [-0.39, 0.29) is 31.1 Å². The topological polar surface area (TPSA) is 69.7 Å². The normalized spacial score (nSPS) is 11.9. The van der Waals surface area contributed by atoms with Crippen LogP contribution in [0.5, 0.6) is 0 Å². The average molecular weight is 339 g/mol. The Morgan fingerprint density at radius 1 is 1.17 bits per heavy atom. The number of Topliss-reactive ketones (excluding diaryl/α,β-unsaturated/α-hetero) is 1. The molecule has 0 aliphatic carbocycles. The third-order valence-electron chi connectivity index (χ3n) is 2.77. The van der Waals surface area contributed by atoms with E-state index in [0.29, 0.717) is 0 Å². The van der Waals surface area contributed by atoms with Crippen LogP contribution in [0.4, 0.5) is 0 Å². The summed E-state index contributed by atoms with van der Waals surface area (Å²) in [6, 6.07) is 9.36. The van der Waals surface area contributed by atoms with Crippen LogP contribution in [-0.2, 0) is 23.9 Å². The fourth-order valence-corrected chi connectivity index (χ4v) is 1.86. The molecular formula is C17H19ClO5. The first kappa shape index (κ1) is 18.9. The Morgan fingerprint density at radius 3 is 2.48 bits per heavy atom. The summed E-state index contributed by atoms with van der Waals surface area (Å²) in [5.41, 5.74) is 0.900. The van der Waals surface area contributed by atoms with Crippen LogP contribution in [0.15, 0.2) is 36.4 Å². The molecule has 1 atom stereocenters. The lowest BCUT2D eigenvalue weighted by atomic mass is 10.1. The number of ether oxygens (including phenoxy) is 2. The molecule has 1 aromatic carbocycles. The standard InChI is InChI=1S/C17H19ClO5/c1-2-22-16(20)11-14(19)10-15(23-17(21)12-18)9-8-13-6-4-3-5-7-13/h3-9,15H,2,10-12H2,1H3/b9-8+/t15-/m0/s1. The Labute approximate surface area is 140 Å². The number of hydrogen-bond acceptors (Lipinski definition) is 5. The van der Waals surface area contributed by atoms with Gasteiger partial charge in [0.15, 0.2) is 0 Å². The van der Waals surface area contributed by atoms with Gasteiger partial charge >= 0.3 is 11.9 Å². The summed E-state index contributed by atoms with van der Waals surface area (Å²) >= 11 is 5.42. The summed E-state index contributed by atoms with van der Waals surface area (Å²) in [6.07, 6.45) is 2.11. The first-order valence-corrected chi connectivity index (χ1v) is 7.74. The molecule has 0 aliphatic heterocycles. The van der Waals surface area contributed by atoms with E-state index in [1.54, 1.807) is 19.1 Å². The smallest absolute Gasteiger partial charge is 0.321 e. The van der Waals surface area contributed by atoms with Crippen LogP contribution in [0.25, 0.3) is 6.08 Å². The number of alkyl halides is 1. The highest BCUT2D eigenvalue weighted by Crippen LogP contribution is 2.09. The lowest BCUT2D eigenvalue weighted by molar-refractivity contribution is -0.146. The number of carbonyl (C=O) groups is 3. The molecule has 1 rings (SSSR count). The van der Waals surface area contributed by atoms with Gasteiger partial charge in [-0.15, -0.1) is 11.6 Å². The largest absolute Gasteiger partial charge is 0.466 e. The van der Waals surface area contributed by atoms with Crippen molar-refractivity contribution in [2.24, 2.45) is 0 Å². The zero-order chi connectivity index (χ0) is 17.1. The predicted molar refractivity (Wildman–Crippen MR) is 87.0 cm³/mol. The molecule has 0 N–H and O–H groups in total. The zero-order valence-electron chi connectivity index (χ0n) is 12.9. The zero-order valence-corrected chi connectivity index (χ0v) is 13.6. The van der Waals surface area contributed by atoms with Crippen molar-refractivity contribution < 1.29 is 23.9 Å². The molecule has 0 heterocycles. The fourth-order valence-electron chi connectivity index (χ4n) is 1.80. The highest BCUT2D eigenvalue weighted by molar-refractivity contribution is 6.26. The number of ketones is 1. The molecule has 0 unspecified atom stereocenters. The van der Waals surface area contributed by atoms with Crippen molar-refractivity contribution in [3.63, 3.8) is 0 Å². The molecule has 0 radical (unpaired) electrons. The molecule has 0 spiro atoms.